The molecule has 1 aromatic carbocycles. The molecular weight excluding hydrogens is 238 g/mol. The van der Waals surface area contributed by atoms with Gasteiger partial charge in [-0.2, -0.15) is 0 Å². The van der Waals surface area contributed by atoms with Crippen molar-refractivity contribution in [2.75, 3.05) is 0 Å². The van der Waals surface area contributed by atoms with Gasteiger partial charge < -0.3 is 9.67 Å². The van der Waals surface area contributed by atoms with Crippen molar-refractivity contribution in [3.05, 3.63) is 47.2 Å². The first kappa shape index (κ1) is 13.4. The molecule has 0 saturated carbocycles. The molecule has 1 heterocycles. The molecule has 0 aliphatic rings. The molecule has 100 valence electrons. The third kappa shape index (κ3) is 2.55. The molecule has 0 radical (unpaired) electrons. The molecule has 3 nitrogen and oxygen atoms in total. The minimum atomic E-state index is -0.870. The summed E-state index contributed by atoms with van der Waals surface area (Å²) in [7, 11) is 0. The average molecular weight is 257 g/mol. The number of carbonyl (C=O) groups is 1. The SMILES string of the molecule is CCCn1c(C(=O)O)ccc1-c1cc(C)ccc1C. The van der Waals surface area contributed by atoms with Crippen molar-refractivity contribution in [1.82, 2.24) is 4.57 Å². The maximum atomic E-state index is 11.3. The molecule has 1 aromatic heterocycles. The van der Waals surface area contributed by atoms with Gasteiger partial charge >= 0.3 is 5.97 Å². The molecule has 0 unspecified atom stereocenters. The molecule has 2 aromatic rings. The maximum absolute atomic E-state index is 11.3. The van der Waals surface area contributed by atoms with Crippen LogP contribution in [0.3, 0.4) is 0 Å². The van der Waals surface area contributed by atoms with E-state index in [1.54, 1.807) is 6.07 Å². The molecular formula is C16H19NO2. The highest BCUT2D eigenvalue weighted by Crippen LogP contribution is 2.27. The van der Waals surface area contributed by atoms with Gasteiger partial charge in [-0.1, -0.05) is 24.6 Å². The Morgan fingerprint density at radius 2 is 1.95 bits per heavy atom. The maximum Gasteiger partial charge on any atom is 0.352 e. The Morgan fingerprint density at radius 1 is 1.21 bits per heavy atom. The molecule has 0 bridgehead atoms. The Morgan fingerprint density at radius 3 is 2.58 bits per heavy atom. The summed E-state index contributed by atoms with van der Waals surface area (Å²) in [4.78, 5) is 11.3. The first-order chi connectivity index (χ1) is 9.04. The minimum Gasteiger partial charge on any atom is -0.477 e. The van der Waals surface area contributed by atoms with E-state index in [-0.39, 0.29) is 0 Å². The van der Waals surface area contributed by atoms with Gasteiger partial charge in [-0.15, -0.1) is 0 Å². The van der Waals surface area contributed by atoms with Crippen LogP contribution in [-0.4, -0.2) is 15.6 Å². The van der Waals surface area contributed by atoms with Crippen LogP contribution in [0.5, 0.6) is 0 Å². The lowest BCUT2D eigenvalue weighted by molar-refractivity contribution is 0.0685. The molecule has 1 N–H and O–H groups in total. The van der Waals surface area contributed by atoms with Crippen molar-refractivity contribution in [2.45, 2.75) is 33.7 Å². The summed E-state index contributed by atoms with van der Waals surface area (Å²) in [6.07, 6.45) is 0.910. The van der Waals surface area contributed by atoms with Crippen molar-refractivity contribution >= 4 is 5.97 Å². The lowest BCUT2D eigenvalue weighted by Gasteiger charge is -2.13. The van der Waals surface area contributed by atoms with E-state index in [0.717, 1.165) is 29.8 Å². The third-order valence-corrected chi connectivity index (χ3v) is 3.32. The Bertz CT molecular complexity index is 611. The highest BCUT2D eigenvalue weighted by molar-refractivity contribution is 5.87. The summed E-state index contributed by atoms with van der Waals surface area (Å²) in [5.41, 5.74) is 4.80. The monoisotopic (exact) mass is 257 g/mol. The largest absolute Gasteiger partial charge is 0.477 e. The zero-order valence-electron chi connectivity index (χ0n) is 11.6. The van der Waals surface area contributed by atoms with Crippen molar-refractivity contribution in [3.63, 3.8) is 0 Å². The van der Waals surface area contributed by atoms with E-state index in [1.807, 2.05) is 17.6 Å². The van der Waals surface area contributed by atoms with E-state index in [2.05, 4.69) is 32.0 Å². The van der Waals surface area contributed by atoms with E-state index >= 15 is 0 Å². The van der Waals surface area contributed by atoms with Gasteiger partial charge in [0, 0.05) is 17.8 Å². The van der Waals surface area contributed by atoms with Crippen LogP contribution < -0.4 is 0 Å². The number of hydrogen-bond acceptors (Lipinski definition) is 1. The van der Waals surface area contributed by atoms with Gasteiger partial charge in [-0.05, 0) is 44.0 Å². The second-order valence-electron chi connectivity index (χ2n) is 4.88. The van der Waals surface area contributed by atoms with Crippen LogP contribution in [0.1, 0.15) is 35.0 Å². The van der Waals surface area contributed by atoms with Gasteiger partial charge in [-0.25, -0.2) is 4.79 Å². The first-order valence-corrected chi connectivity index (χ1v) is 6.55. The van der Waals surface area contributed by atoms with Gasteiger partial charge in [0.2, 0.25) is 0 Å². The summed E-state index contributed by atoms with van der Waals surface area (Å²) in [5.74, 6) is -0.870. The number of carboxylic acid groups (broad SMARTS) is 1. The van der Waals surface area contributed by atoms with Gasteiger partial charge in [0.1, 0.15) is 5.69 Å². The summed E-state index contributed by atoms with van der Waals surface area (Å²) in [5, 5.41) is 9.26. The van der Waals surface area contributed by atoms with Crippen LogP contribution >= 0.6 is 0 Å². The van der Waals surface area contributed by atoms with Crippen LogP contribution in [-0.2, 0) is 6.54 Å². The molecule has 0 spiro atoms. The Labute approximate surface area is 113 Å². The molecule has 0 aliphatic carbocycles. The number of rotatable bonds is 4. The second-order valence-corrected chi connectivity index (χ2v) is 4.88. The highest BCUT2D eigenvalue weighted by atomic mass is 16.4. The molecule has 0 atom stereocenters. The molecule has 3 heteroatoms. The van der Waals surface area contributed by atoms with Gasteiger partial charge in [0.25, 0.3) is 0 Å². The Hall–Kier alpha value is -2.03. The Kier molecular flexibility index (Phi) is 3.74. The van der Waals surface area contributed by atoms with E-state index in [4.69, 9.17) is 0 Å². The molecule has 0 amide bonds. The molecule has 0 aliphatic heterocycles. The molecule has 0 saturated heterocycles. The number of benzene rings is 1. The fraction of sp³-hybridized carbons (Fsp3) is 0.312. The predicted molar refractivity (Wildman–Crippen MR) is 76.6 cm³/mol. The lowest BCUT2D eigenvalue weighted by Crippen LogP contribution is -2.09. The normalized spacial score (nSPS) is 10.7. The van der Waals surface area contributed by atoms with E-state index in [1.165, 1.54) is 5.56 Å². The lowest BCUT2D eigenvalue weighted by atomic mass is 10.0. The van der Waals surface area contributed by atoms with Gasteiger partial charge in [-0.3, -0.25) is 0 Å². The summed E-state index contributed by atoms with van der Waals surface area (Å²) >= 11 is 0. The van der Waals surface area contributed by atoms with E-state index < -0.39 is 5.97 Å². The summed E-state index contributed by atoms with van der Waals surface area (Å²) < 4.78 is 1.89. The minimum absolute atomic E-state index is 0.359. The number of carboxylic acids is 1. The smallest absolute Gasteiger partial charge is 0.352 e. The van der Waals surface area contributed by atoms with E-state index in [0.29, 0.717) is 5.69 Å². The third-order valence-electron chi connectivity index (χ3n) is 3.32. The van der Waals surface area contributed by atoms with Crippen molar-refractivity contribution in [3.8, 4) is 11.3 Å². The first-order valence-electron chi connectivity index (χ1n) is 6.55. The molecule has 0 fully saturated rings. The van der Waals surface area contributed by atoms with Crippen molar-refractivity contribution in [2.24, 2.45) is 0 Å². The summed E-state index contributed by atoms with van der Waals surface area (Å²) in [6, 6.07) is 9.86. The van der Waals surface area contributed by atoms with Crippen LogP contribution in [0.25, 0.3) is 11.3 Å². The zero-order chi connectivity index (χ0) is 14.0. The number of aryl methyl sites for hydroxylation is 2. The fourth-order valence-electron chi connectivity index (χ4n) is 2.37. The predicted octanol–water partition coefficient (Wildman–Crippen LogP) is 3.88. The standard InChI is InChI=1S/C16H19NO2/c1-4-9-17-14(7-8-15(17)16(18)19)13-10-11(2)5-6-12(13)3/h5-8,10H,4,9H2,1-3H3,(H,18,19). The van der Waals surface area contributed by atoms with Crippen molar-refractivity contribution < 1.29 is 9.90 Å². The summed E-state index contributed by atoms with van der Waals surface area (Å²) in [6.45, 7) is 6.88. The molecule has 2 rings (SSSR count). The molecule has 19 heavy (non-hydrogen) atoms. The van der Waals surface area contributed by atoms with Crippen LogP contribution in [0.2, 0.25) is 0 Å². The van der Waals surface area contributed by atoms with Crippen LogP contribution in [0.15, 0.2) is 30.3 Å². The number of nitrogens with zero attached hydrogens (tertiary/aromatic N) is 1. The van der Waals surface area contributed by atoms with Gasteiger partial charge in [0.15, 0.2) is 0 Å². The Balaban J connectivity index is 2.61. The quantitative estimate of drug-likeness (QED) is 0.903. The van der Waals surface area contributed by atoms with Gasteiger partial charge in [0.05, 0.1) is 0 Å². The highest BCUT2D eigenvalue weighted by Gasteiger charge is 2.15. The number of hydrogen-bond donors (Lipinski definition) is 1. The topological polar surface area (TPSA) is 42.2 Å². The van der Waals surface area contributed by atoms with Crippen LogP contribution in [0.4, 0.5) is 0 Å². The number of aromatic carboxylic acids is 1. The zero-order valence-corrected chi connectivity index (χ0v) is 11.6. The second kappa shape index (κ2) is 5.31. The van der Waals surface area contributed by atoms with Crippen molar-refractivity contribution in [1.29, 1.82) is 0 Å². The number of aromatic nitrogens is 1. The van der Waals surface area contributed by atoms with E-state index in [9.17, 15) is 9.90 Å². The van der Waals surface area contributed by atoms with Crippen LogP contribution in [0, 0.1) is 13.8 Å². The fourth-order valence-corrected chi connectivity index (χ4v) is 2.37. The average Bonchev–Trinajstić information content (AvgIpc) is 2.76.